The van der Waals surface area contributed by atoms with Crippen molar-refractivity contribution < 1.29 is 19.7 Å². The summed E-state index contributed by atoms with van der Waals surface area (Å²) in [5, 5.41) is 21.5. The third-order valence-corrected chi connectivity index (χ3v) is 4.43. The van der Waals surface area contributed by atoms with E-state index >= 15 is 0 Å². The number of carbonyl (C=O) groups is 1. The Hall–Kier alpha value is -2.63. The zero-order chi connectivity index (χ0) is 17.8. The molecule has 0 spiro atoms. The summed E-state index contributed by atoms with van der Waals surface area (Å²) < 4.78 is 5.33. The van der Waals surface area contributed by atoms with Crippen LogP contribution in [-0.2, 0) is 4.74 Å². The summed E-state index contributed by atoms with van der Waals surface area (Å²) in [5.41, 5.74) is 4.60. The first kappa shape index (κ1) is 17.2. The maximum Gasteiger partial charge on any atom is 0.407 e. The number of alkyl carbamates (subject to hydrolysis) is 1. The van der Waals surface area contributed by atoms with Crippen molar-refractivity contribution in [1.29, 1.82) is 0 Å². The molecule has 1 aliphatic rings. The first-order chi connectivity index (χ1) is 12.1. The number of amides is 1. The molecule has 0 saturated carbocycles. The highest BCUT2D eigenvalue weighted by Gasteiger charge is 2.29. The van der Waals surface area contributed by atoms with Crippen LogP contribution in [0.15, 0.2) is 61.2 Å². The Morgan fingerprint density at radius 3 is 2.24 bits per heavy atom. The second kappa shape index (κ2) is 7.51. The van der Waals surface area contributed by atoms with Gasteiger partial charge in [-0.15, -0.1) is 6.58 Å². The molecule has 5 nitrogen and oxygen atoms in total. The number of carbonyl (C=O) groups excluding carboxylic acids is 1. The van der Waals surface area contributed by atoms with Crippen molar-refractivity contribution in [3.8, 4) is 11.1 Å². The number of ether oxygens (including phenoxy) is 1. The smallest absolute Gasteiger partial charge is 0.407 e. The van der Waals surface area contributed by atoms with E-state index < -0.39 is 18.3 Å². The Kier molecular flexibility index (Phi) is 5.16. The van der Waals surface area contributed by atoms with Gasteiger partial charge < -0.3 is 20.3 Å². The fourth-order valence-corrected chi connectivity index (χ4v) is 3.12. The quantitative estimate of drug-likeness (QED) is 0.706. The topological polar surface area (TPSA) is 78.8 Å². The van der Waals surface area contributed by atoms with E-state index in [1.807, 2.05) is 36.4 Å². The third-order valence-electron chi connectivity index (χ3n) is 4.43. The van der Waals surface area contributed by atoms with E-state index in [-0.39, 0.29) is 19.1 Å². The fourth-order valence-electron chi connectivity index (χ4n) is 3.12. The van der Waals surface area contributed by atoms with Crippen LogP contribution in [0.2, 0.25) is 0 Å². The Morgan fingerprint density at radius 2 is 1.68 bits per heavy atom. The predicted molar refractivity (Wildman–Crippen MR) is 95.3 cm³/mol. The second-order valence-electron chi connectivity index (χ2n) is 6.00. The summed E-state index contributed by atoms with van der Waals surface area (Å²) in [7, 11) is 0. The van der Waals surface area contributed by atoms with Gasteiger partial charge in [0.05, 0.1) is 6.10 Å². The van der Waals surface area contributed by atoms with Gasteiger partial charge in [0.15, 0.2) is 0 Å². The van der Waals surface area contributed by atoms with Crippen LogP contribution < -0.4 is 5.32 Å². The summed E-state index contributed by atoms with van der Waals surface area (Å²) in [4.78, 5) is 11.9. The van der Waals surface area contributed by atoms with Gasteiger partial charge >= 0.3 is 6.09 Å². The molecular weight excluding hydrogens is 318 g/mol. The maximum absolute atomic E-state index is 11.9. The first-order valence-corrected chi connectivity index (χ1v) is 8.19. The molecular formula is C20H21NO4. The molecule has 0 bridgehead atoms. The van der Waals surface area contributed by atoms with Crippen LogP contribution in [0.5, 0.6) is 0 Å². The van der Waals surface area contributed by atoms with Crippen molar-refractivity contribution in [3.63, 3.8) is 0 Å². The number of aliphatic hydroxyl groups is 2. The lowest BCUT2D eigenvalue weighted by Gasteiger charge is -2.17. The van der Waals surface area contributed by atoms with E-state index in [0.717, 1.165) is 22.3 Å². The Balaban J connectivity index is 1.64. The Morgan fingerprint density at radius 1 is 1.12 bits per heavy atom. The van der Waals surface area contributed by atoms with Crippen molar-refractivity contribution in [2.75, 3.05) is 13.2 Å². The van der Waals surface area contributed by atoms with Crippen LogP contribution in [0.25, 0.3) is 11.1 Å². The average molecular weight is 339 g/mol. The summed E-state index contributed by atoms with van der Waals surface area (Å²) >= 11 is 0. The van der Waals surface area contributed by atoms with Crippen LogP contribution in [0.4, 0.5) is 4.79 Å². The number of benzene rings is 2. The number of hydrogen-bond donors (Lipinski definition) is 3. The molecule has 25 heavy (non-hydrogen) atoms. The normalized spacial score (nSPS) is 15.0. The van der Waals surface area contributed by atoms with Crippen LogP contribution in [0, 0.1) is 0 Å². The predicted octanol–water partition coefficient (Wildman–Crippen LogP) is 2.43. The molecule has 0 radical (unpaired) electrons. The van der Waals surface area contributed by atoms with Gasteiger partial charge in [0.2, 0.25) is 0 Å². The van der Waals surface area contributed by atoms with Crippen LogP contribution in [-0.4, -0.2) is 41.7 Å². The van der Waals surface area contributed by atoms with E-state index in [1.165, 1.54) is 6.08 Å². The SMILES string of the molecule is C=CC(O)C(O)CNC(=O)OCC1c2ccccc2-c2ccccc21. The summed E-state index contributed by atoms with van der Waals surface area (Å²) in [6.45, 7) is 3.49. The minimum absolute atomic E-state index is 0.0122. The van der Waals surface area contributed by atoms with Gasteiger partial charge in [0, 0.05) is 12.5 Å². The molecule has 2 aromatic carbocycles. The summed E-state index contributed by atoms with van der Waals surface area (Å²) in [5.74, 6) is -0.0122. The highest BCUT2D eigenvalue weighted by Crippen LogP contribution is 2.44. The molecule has 3 rings (SSSR count). The van der Waals surface area contributed by atoms with Gasteiger partial charge in [-0.2, -0.15) is 0 Å². The number of rotatable bonds is 6. The molecule has 0 aromatic heterocycles. The van der Waals surface area contributed by atoms with Crippen molar-refractivity contribution in [2.24, 2.45) is 0 Å². The van der Waals surface area contributed by atoms with E-state index in [0.29, 0.717) is 0 Å². The van der Waals surface area contributed by atoms with Crippen molar-refractivity contribution in [1.82, 2.24) is 5.32 Å². The maximum atomic E-state index is 11.9. The molecule has 2 aromatic rings. The van der Waals surface area contributed by atoms with Gasteiger partial charge in [-0.25, -0.2) is 4.79 Å². The molecule has 1 amide bonds. The fraction of sp³-hybridized carbons (Fsp3) is 0.250. The van der Waals surface area contributed by atoms with E-state index in [1.54, 1.807) is 0 Å². The lowest BCUT2D eigenvalue weighted by molar-refractivity contribution is 0.0476. The third kappa shape index (κ3) is 3.57. The van der Waals surface area contributed by atoms with Crippen molar-refractivity contribution in [3.05, 3.63) is 72.3 Å². The zero-order valence-electron chi connectivity index (χ0n) is 13.8. The van der Waals surface area contributed by atoms with Gasteiger partial charge in [0.1, 0.15) is 12.7 Å². The van der Waals surface area contributed by atoms with Gasteiger partial charge in [0.25, 0.3) is 0 Å². The number of nitrogens with one attached hydrogen (secondary N) is 1. The molecule has 2 unspecified atom stereocenters. The van der Waals surface area contributed by atoms with Crippen LogP contribution >= 0.6 is 0 Å². The number of aliphatic hydroxyl groups excluding tert-OH is 2. The molecule has 0 fully saturated rings. The van der Waals surface area contributed by atoms with Crippen molar-refractivity contribution in [2.45, 2.75) is 18.1 Å². The summed E-state index contributed by atoms with van der Waals surface area (Å²) in [6, 6.07) is 16.2. The van der Waals surface area contributed by atoms with Crippen LogP contribution in [0.3, 0.4) is 0 Å². The van der Waals surface area contributed by atoms with Gasteiger partial charge in [-0.1, -0.05) is 54.6 Å². The monoisotopic (exact) mass is 339 g/mol. The zero-order valence-corrected chi connectivity index (χ0v) is 13.8. The highest BCUT2D eigenvalue weighted by atomic mass is 16.5. The molecule has 130 valence electrons. The van der Waals surface area contributed by atoms with Gasteiger partial charge in [-0.3, -0.25) is 0 Å². The molecule has 1 aliphatic carbocycles. The standard InChI is InChI=1S/C20H21NO4/c1-2-18(22)19(23)11-21-20(24)25-12-17-15-9-5-3-7-13(15)14-8-4-6-10-16(14)17/h2-10,17-19,22-23H,1,11-12H2,(H,21,24). The molecule has 0 heterocycles. The Bertz CT molecular complexity index is 728. The lowest BCUT2D eigenvalue weighted by Crippen LogP contribution is -2.38. The second-order valence-corrected chi connectivity index (χ2v) is 6.00. The van der Waals surface area contributed by atoms with E-state index in [9.17, 15) is 15.0 Å². The Labute approximate surface area is 146 Å². The minimum atomic E-state index is -1.11. The molecule has 0 saturated heterocycles. The molecule has 0 aliphatic heterocycles. The largest absolute Gasteiger partial charge is 0.449 e. The minimum Gasteiger partial charge on any atom is -0.449 e. The highest BCUT2D eigenvalue weighted by molar-refractivity contribution is 5.79. The van der Waals surface area contributed by atoms with Gasteiger partial charge in [-0.05, 0) is 22.3 Å². The molecule has 2 atom stereocenters. The first-order valence-electron chi connectivity index (χ1n) is 8.19. The number of hydrogen-bond acceptors (Lipinski definition) is 4. The van der Waals surface area contributed by atoms with E-state index in [4.69, 9.17) is 4.74 Å². The van der Waals surface area contributed by atoms with Crippen LogP contribution in [0.1, 0.15) is 17.0 Å². The average Bonchev–Trinajstić information content (AvgIpc) is 2.97. The molecule has 3 N–H and O–H groups in total. The number of fused-ring (bicyclic) bond motifs is 3. The lowest BCUT2D eigenvalue weighted by atomic mass is 9.98. The van der Waals surface area contributed by atoms with E-state index in [2.05, 4.69) is 24.0 Å². The molecule has 5 heteroatoms. The van der Waals surface area contributed by atoms with Crippen molar-refractivity contribution >= 4 is 6.09 Å². The summed E-state index contributed by atoms with van der Waals surface area (Å²) in [6.07, 6.45) is -1.62.